The zero-order valence-corrected chi connectivity index (χ0v) is 17.3. The Kier molecular flexibility index (Phi) is 3.40. The van der Waals surface area contributed by atoms with E-state index in [0.29, 0.717) is 0 Å². The van der Waals surface area contributed by atoms with Gasteiger partial charge in [0.15, 0.2) is 6.20 Å². The van der Waals surface area contributed by atoms with Gasteiger partial charge in [0.25, 0.3) is 0 Å². The molecule has 0 bridgehead atoms. The van der Waals surface area contributed by atoms with Gasteiger partial charge in [0, 0.05) is 21.2 Å². The largest absolute Gasteiger partial charge is 0.222 e. The number of halogens is 1. The molecular formula is C26H19FNS+. The first-order valence-electron chi connectivity index (χ1n) is 9.79. The molecule has 0 saturated carbocycles. The lowest BCUT2D eigenvalue weighted by Crippen LogP contribution is -2.31. The van der Waals surface area contributed by atoms with Crippen LogP contribution < -0.4 is 4.57 Å². The molecule has 140 valence electrons. The second-order valence-corrected chi connectivity index (χ2v) is 8.96. The lowest BCUT2D eigenvalue weighted by atomic mass is 9.90. The highest BCUT2D eigenvalue weighted by Gasteiger charge is 2.31. The summed E-state index contributed by atoms with van der Waals surface area (Å²) in [5.41, 5.74) is 5.17. The summed E-state index contributed by atoms with van der Waals surface area (Å²) in [4.78, 5) is 2.58. The second kappa shape index (κ2) is 5.80. The number of rotatable bonds is 0. The molecule has 1 aliphatic rings. The molecular weight excluding hydrogens is 377 g/mol. The first-order valence-corrected chi connectivity index (χ1v) is 10.6. The van der Waals surface area contributed by atoms with Crippen LogP contribution in [-0.2, 0) is 7.05 Å². The van der Waals surface area contributed by atoms with E-state index in [2.05, 4.69) is 68.1 Å². The number of nitrogens with zero attached hydrogens (tertiary/aromatic N) is 1. The van der Waals surface area contributed by atoms with Crippen molar-refractivity contribution in [1.29, 1.82) is 0 Å². The third-order valence-corrected chi connectivity index (χ3v) is 7.55. The van der Waals surface area contributed by atoms with Crippen LogP contribution in [0.3, 0.4) is 0 Å². The van der Waals surface area contributed by atoms with Gasteiger partial charge in [-0.05, 0) is 64.7 Å². The Balaban J connectivity index is 1.87. The molecule has 3 heteroatoms. The van der Waals surface area contributed by atoms with Crippen molar-refractivity contribution >= 4 is 44.1 Å². The zero-order valence-electron chi connectivity index (χ0n) is 16.5. The van der Waals surface area contributed by atoms with Crippen molar-refractivity contribution in [2.24, 2.45) is 7.05 Å². The SMILES string of the molecule is Cc1c2c(c(C)c3ccccc13)-c1c3c(cc4ccc(F)cc4c3cc[n+]1C)S2. The number of aryl methyl sites for hydroxylation is 3. The fraction of sp³-hybridized carbons (Fsp3) is 0.115. The lowest BCUT2D eigenvalue weighted by Gasteiger charge is -2.24. The third-order valence-electron chi connectivity index (χ3n) is 6.29. The molecule has 0 saturated heterocycles. The van der Waals surface area contributed by atoms with Crippen LogP contribution in [0.15, 0.2) is 70.6 Å². The molecule has 2 heterocycles. The molecule has 0 N–H and O–H groups in total. The molecule has 0 unspecified atom stereocenters. The average molecular weight is 397 g/mol. The second-order valence-electron chi connectivity index (χ2n) is 7.91. The Morgan fingerprint density at radius 1 is 0.828 bits per heavy atom. The first kappa shape index (κ1) is 17.0. The van der Waals surface area contributed by atoms with E-state index in [1.54, 1.807) is 12.1 Å². The molecule has 0 spiro atoms. The van der Waals surface area contributed by atoms with E-state index in [1.165, 1.54) is 48.3 Å². The van der Waals surface area contributed by atoms with Crippen LogP contribution in [0.2, 0.25) is 0 Å². The summed E-state index contributed by atoms with van der Waals surface area (Å²) >= 11 is 1.85. The molecule has 0 amide bonds. The van der Waals surface area contributed by atoms with Crippen molar-refractivity contribution in [3.63, 3.8) is 0 Å². The van der Waals surface area contributed by atoms with E-state index in [4.69, 9.17) is 0 Å². The maximum absolute atomic E-state index is 14.1. The predicted molar refractivity (Wildman–Crippen MR) is 119 cm³/mol. The normalized spacial score (nSPS) is 12.7. The molecule has 6 rings (SSSR count). The quantitative estimate of drug-likeness (QED) is 0.200. The maximum atomic E-state index is 14.1. The van der Waals surface area contributed by atoms with Crippen molar-refractivity contribution < 1.29 is 8.96 Å². The van der Waals surface area contributed by atoms with E-state index in [-0.39, 0.29) is 5.82 Å². The highest BCUT2D eigenvalue weighted by atomic mass is 32.2. The van der Waals surface area contributed by atoms with E-state index in [1.807, 2.05) is 17.8 Å². The van der Waals surface area contributed by atoms with E-state index < -0.39 is 0 Å². The van der Waals surface area contributed by atoms with Crippen molar-refractivity contribution in [3.05, 3.63) is 77.7 Å². The van der Waals surface area contributed by atoms with Gasteiger partial charge in [-0.2, -0.15) is 0 Å². The minimum Gasteiger partial charge on any atom is -0.207 e. The highest BCUT2D eigenvalue weighted by Crippen LogP contribution is 2.52. The molecule has 5 aromatic rings. The van der Waals surface area contributed by atoms with E-state index >= 15 is 0 Å². The van der Waals surface area contributed by atoms with Crippen molar-refractivity contribution in [2.75, 3.05) is 0 Å². The number of aromatic nitrogens is 1. The minimum absolute atomic E-state index is 0.190. The summed E-state index contributed by atoms with van der Waals surface area (Å²) in [7, 11) is 2.11. The van der Waals surface area contributed by atoms with Gasteiger partial charge in [0.1, 0.15) is 12.9 Å². The van der Waals surface area contributed by atoms with Gasteiger partial charge in [0.2, 0.25) is 5.69 Å². The van der Waals surface area contributed by atoms with Gasteiger partial charge in [-0.25, -0.2) is 8.96 Å². The third kappa shape index (κ3) is 2.19. The van der Waals surface area contributed by atoms with Gasteiger partial charge < -0.3 is 0 Å². The number of benzene rings is 4. The van der Waals surface area contributed by atoms with Crippen molar-refractivity contribution in [3.8, 4) is 11.3 Å². The molecule has 1 aliphatic heterocycles. The van der Waals surface area contributed by atoms with Gasteiger partial charge in [-0.1, -0.05) is 42.1 Å². The van der Waals surface area contributed by atoms with Crippen LogP contribution in [-0.4, -0.2) is 0 Å². The Morgan fingerprint density at radius 2 is 1.59 bits per heavy atom. The number of pyridine rings is 1. The van der Waals surface area contributed by atoms with E-state index in [0.717, 1.165) is 16.2 Å². The molecule has 0 fully saturated rings. The van der Waals surface area contributed by atoms with Gasteiger partial charge in [-0.3, -0.25) is 0 Å². The predicted octanol–water partition coefficient (Wildman–Crippen LogP) is 6.86. The smallest absolute Gasteiger partial charge is 0.207 e. The van der Waals surface area contributed by atoms with Crippen LogP contribution in [0.4, 0.5) is 4.39 Å². The average Bonchev–Trinajstić information content (AvgIpc) is 2.73. The Morgan fingerprint density at radius 3 is 2.38 bits per heavy atom. The summed E-state index contributed by atoms with van der Waals surface area (Å²) in [6.45, 7) is 4.46. The molecule has 1 aromatic heterocycles. The fourth-order valence-electron chi connectivity index (χ4n) is 4.88. The van der Waals surface area contributed by atoms with Gasteiger partial charge in [-0.15, -0.1) is 0 Å². The Bertz CT molecular complexity index is 1520. The topological polar surface area (TPSA) is 3.88 Å². The van der Waals surface area contributed by atoms with Gasteiger partial charge in [0.05, 0.1) is 10.9 Å². The molecule has 1 nitrogen and oxygen atoms in total. The molecule has 29 heavy (non-hydrogen) atoms. The van der Waals surface area contributed by atoms with Crippen LogP contribution in [0.1, 0.15) is 11.1 Å². The first-order chi connectivity index (χ1) is 14.0. The standard InChI is InChI=1S/C26H19FNS/c1-14-18-6-4-5-7-19(18)15(2)26-23(14)25-24-20(10-11-28(25)3)21-13-17(27)9-8-16(21)12-22(24)29-26/h4-13H,1-3H3/q+1. The Labute approximate surface area is 172 Å². The maximum Gasteiger partial charge on any atom is 0.222 e. The van der Waals surface area contributed by atoms with Crippen LogP contribution in [0.25, 0.3) is 43.6 Å². The number of fused-ring (bicyclic) bond motifs is 5. The number of hydrogen-bond donors (Lipinski definition) is 0. The summed E-state index contributed by atoms with van der Waals surface area (Å²) < 4.78 is 16.3. The fourth-order valence-corrected chi connectivity index (χ4v) is 6.21. The van der Waals surface area contributed by atoms with Crippen LogP contribution >= 0.6 is 11.8 Å². The number of hydrogen-bond acceptors (Lipinski definition) is 1. The summed E-state index contributed by atoms with van der Waals surface area (Å²) in [6.07, 6.45) is 2.11. The Hall–Kier alpha value is -2.91. The summed E-state index contributed by atoms with van der Waals surface area (Å²) in [5, 5.41) is 7.02. The van der Waals surface area contributed by atoms with Crippen LogP contribution in [0.5, 0.6) is 0 Å². The lowest BCUT2D eigenvalue weighted by molar-refractivity contribution is -0.659. The van der Waals surface area contributed by atoms with E-state index in [9.17, 15) is 4.39 Å². The summed E-state index contributed by atoms with van der Waals surface area (Å²) in [6, 6.07) is 18.1. The van der Waals surface area contributed by atoms with Gasteiger partial charge >= 0.3 is 0 Å². The molecule has 4 aromatic carbocycles. The van der Waals surface area contributed by atoms with Crippen molar-refractivity contribution in [2.45, 2.75) is 23.6 Å². The van der Waals surface area contributed by atoms with Crippen LogP contribution in [0, 0.1) is 19.7 Å². The highest BCUT2D eigenvalue weighted by molar-refractivity contribution is 8.00. The zero-order chi connectivity index (χ0) is 19.9. The summed E-state index contributed by atoms with van der Waals surface area (Å²) in [5.74, 6) is -0.190. The minimum atomic E-state index is -0.190. The molecule has 0 radical (unpaired) electrons. The molecule has 0 aliphatic carbocycles. The van der Waals surface area contributed by atoms with Crippen molar-refractivity contribution in [1.82, 2.24) is 0 Å². The molecule has 0 atom stereocenters. The monoisotopic (exact) mass is 396 g/mol.